The summed E-state index contributed by atoms with van der Waals surface area (Å²) >= 11 is 1.19. The number of amidine groups is 1. The Morgan fingerprint density at radius 1 is 1.20 bits per heavy atom. The van der Waals surface area contributed by atoms with Crippen molar-refractivity contribution in [3.63, 3.8) is 0 Å². The van der Waals surface area contributed by atoms with Gasteiger partial charge in [0, 0.05) is 18.7 Å². The molecule has 1 aliphatic rings. The SMILES string of the molecule is CCN1C(=O)C[C@@H](C(=O)Nc2ccc(F)cc2)SC1=Nc1ccc(C(=O)OC)cc1. The third kappa shape index (κ3) is 5.04. The Kier molecular flexibility index (Phi) is 6.83. The molecule has 0 aliphatic carbocycles. The van der Waals surface area contributed by atoms with Crippen molar-refractivity contribution in [2.75, 3.05) is 19.0 Å². The smallest absolute Gasteiger partial charge is 0.337 e. The van der Waals surface area contributed by atoms with E-state index in [0.717, 1.165) is 0 Å². The van der Waals surface area contributed by atoms with Gasteiger partial charge in [-0.3, -0.25) is 14.5 Å². The first-order valence-corrected chi connectivity index (χ1v) is 10.1. The Balaban J connectivity index is 1.79. The highest BCUT2D eigenvalue weighted by Crippen LogP contribution is 2.30. The van der Waals surface area contributed by atoms with Crippen LogP contribution in [0.4, 0.5) is 15.8 Å². The number of nitrogens with zero attached hydrogens (tertiary/aromatic N) is 2. The van der Waals surface area contributed by atoms with E-state index in [1.54, 1.807) is 24.3 Å². The normalized spacial score (nSPS) is 17.7. The number of hydrogen-bond acceptors (Lipinski definition) is 6. The van der Waals surface area contributed by atoms with Gasteiger partial charge in [-0.25, -0.2) is 14.2 Å². The van der Waals surface area contributed by atoms with Gasteiger partial charge in [0.2, 0.25) is 11.8 Å². The van der Waals surface area contributed by atoms with E-state index in [2.05, 4.69) is 15.0 Å². The average Bonchev–Trinajstić information content (AvgIpc) is 2.75. The van der Waals surface area contributed by atoms with Gasteiger partial charge in [0.25, 0.3) is 0 Å². The largest absolute Gasteiger partial charge is 0.465 e. The van der Waals surface area contributed by atoms with Gasteiger partial charge < -0.3 is 10.1 Å². The molecule has 1 fully saturated rings. The lowest BCUT2D eigenvalue weighted by Crippen LogP contribution is -2.45. The third-order valence-electron chi connectivity index (χ3n) is 4.37. The molecule has 3 rings (SSSR count). The number of thioether (sulfide) groups is 1. The van der Waals surface area contributed by atoms with Crippen molar-refractivity contribution >= 4 is 46.1 Å². The highest BCUT2D eigenvalue weighted by Gasteiger charge is 2.35. The van der Waals surface area contributed by atoms with E-state index in [-0.39, 0.29) is 18.2 Å². The van der Waals surface area contributed by atoms with Gasteiger partial charge in [-0.2, -0.15) is 0 Å². The Morgan fingerprint density at radius 3 is 2.47 bits per heavy atom. The number of amides is 2. The summed E-state index contributed by atoms with van der Waals surface area (Å²) in [4.78, 5) is 42.8. The second kappa shape index (κ2) is 9.53. The van der Waals surface area contributed by atoms with Crippen LogP contribution < -0.4 is 5.32 Å². The third-order valence-corrected chi connectivity index (χ3v) is 5.56. The molecular weight excluding hydrogens is 409 g/mol. The fourth-order valence-electron chi connectivity index (χ4n) is 2.81. The minimum atomic E-state index is -0.668. The van der Waals surface area contributed by atoms with Gasteiger partial charge >= 0.3 is 5.97 Å². The number of aliphatic imine (C=N–C) groups is 1. The second-order valence-corrected chi connectivity index (χ2v) is 7.55. The monoisotopic (exact) mass is 429 g/mol. The number of nitrogens with one attached hydrogen (secondary N) is 1. The number of hydrogen-bond donors (Lipinski definition) is 1. The molecule has 156 valence electrons. The van der Waals surface area contributed by atoms with Crippen LogP contribution in [0.2, 0.25) is 0 Å². The molecule has 0 aromatic heterocycles. The molecule has 1 atom stereocenters. The summed E-state index contributed by atoms with van der Waals surface area (Å²) in [6.07, 6.45) is 0.0336. The lowest BCUT2D eigenvalue weighted by atomic mass is 10.2. The minimum Gasteiger partial charge on any atom is -0.465 e. The lowest BCUT2D eigenvalue weighted by Gasteiger charge is -2.30. The lowest BCUT2D eigenvalue weighted by molar-refractivity contribution is -0.129. The zero-order valence-electron chi connectivity index (χ0n) is 16.4. The van der Waals surface area contributed by atoms with Crippen LogP contribution in [0.25, 0.3) is 0 Å². The van der Waals surface area contributed by atoms with E-state index in [0.29, 0.717) is 28.7 Å². The summed E-state index contributed by atoms with van der Waals surface area (Å²) in [7, 11) is 1.30. The van der Waals surface area contributed by atoms with E-state index in [9.17, 15) is 18.8 Å². The van der Waals surface area contributed by atoms with Gasteiger partial charge in [0.05, 0.1) is 18.4 Å². The van der Waals surface area contributed by atoms with Gasteiger partial charge in [-0.1, -0.05) is 11.8 Å². The number of carbonyl (C=O) groups excluding carboxylic acids is 3. The van der Waals surface area contributed by atoms with E-state index < -0.39 is 17.0 Å². The summed E-state index contributed by atoms with van der Waals surface area (Å²) in [5.74, 6) is -1.42. The molecule has 1 aliphatic heterocycles. The highest BCUT2D eigenvalue weighted by molar-refractivity contribution is 8.15. The van der Waals surface area contributed by atoms with Gasteiger partial charge in [0.15, 0.2) is 5.17 Å². The van der Waals surface area contributed by atoms with E-state index in [1.165, 1.54) is 48.0 Å². The maximum Gasteiger partial charge on any atom is 0.337 e. The number of rotatable bonds is 5. The molecule has 2 aromatic carbocycles. The molecule has 2 aromatic rings. The van der Waals surface area contributed by atoms with Crippen molar-refractivity contribution in [3.05, 3.63) is 59.9 Å². The Labute approximate surface area is 177 Å². The van der Waals surface area contributed by atoms with Gasteiger partial charge in [-0.15, -0.1) is 0 Å². The summed E-state index contributed by atoms with van der Waals surface area (Å²) in [5, 5.41) is 2.43. The van der Waals surface area contributed by atoms with Crippen LogP contribution in [0, 0.1) is 5.82 Å². The number of halogens is 1. The molecule has 2 amide bonds. The van der Waals surface area contributed by atoms with E-state index in [4.69, 9.17) is 0 Å². The predicted octanol–water partition coefficient (Wildman–Crippen LogP) is 3.59. The van der Waals surface area contributed by atoms with Crippen molar-refractivity contribution in [1.82, 2.24) is 4.90 Å². The number of ether oxygens (including phenoxy) is 1. The van der Waals surface area contributed by atoms with E-state index >= 15 is 0 Å². The molecule has 7 nitrogen and oxygen atoms in total. The summed E-state index contributed by atoms with van der Waals surface area (Å²) < 4.78 is 17.7. The number of anilines is 1. The standard InChI is InChI=1S/C21H20FN3O4S/c1-3-25-18(26)12-17(19(27)23-15-10-6-14(22)7-11-15)30-21(25)24-16-8-4-13(5-9-16)20(28)29-2/h4-11,17H,3,12H2,1-2H3,(H,23,27)/t17-/m0/s1. The van der Waals surface area contributed by atoms with Crippen LogP contribution in [-0.2, 0) is 14.3 Å². The maximum absolute atomic E-state index is 13.1. The first-order chi connectivity index (χ1) is 14.4. The van der Waals surface area contributed by atoms with Crippen molar-refractivity contribution < 1.29 is 23.5 Å². The topological polar surface area (TPSA) is 88.1 Å². The van der Waals surface area contributed by atoms with Crippen LogP contribution in [0.1, 0.15) is 23.7 Å². The van der Waals surface area contributed by atoms with Crippen molar-refractivity contribution in [2.24, 2.45) is 4.99 Å². The van der Waals surface area contributed by atoms with E-state index in [1.807, 2.05) is 6.92 Å². The zero-order chi connectivity index (χ0) is 21.7. The van der Waals surface area contributed by atoms with Crippen molar-refractivity contribution in [1.29, 1.82) is 0 Å². The predicted molar refractivity (Wildman–Crippen MR) is 113 cm³/mol. The number of carbonyl (C=O) groups is 3. The van der Waals surface area contributed by atoms with Crippen LogP contribution in [0.3, 0.4) is 0 Å². The highest BCUT2D eigenvalue weighted by atomic mass is 32.2. The minimum absolute atomic E-state index is 0.0336. The zero-order valence-corrected chi connectivity index (χ0v) is 17.2. The van der Waals surface area contributed by atoms with Crippen LogP contribution in [0.15, 0.2) is 53.5 Å². The van der Waals surface area contributed by atoms with Crippen LogP contribution in [-0.4, -0.2) is 46.8 Å². The van der Waals surface area contributed by atoms with Crippen molar-refractivity contribution in [3.8, 4) is 0 Å². The first kappa shape index (κ1) is 21.5. The Hall–Kier alpha value is -3.20. The molecule has 1 saturated heterocycles. The number of benzene rings is 2. The number of esters is 1. The molecule has 0 spiro atoms. The van der Waals surface area contributed by atoms with Gasteiger partial charge in [-0.05, 0) is 55.5 Å². The second-order valence-electron chi connectivity index (χ2n) is 6.38. The summed E-state index contributed by atoms with van der Waals surface area (Å²) in [6.45, 7) is 2.24. The molecule has 0 bridgehead atoms. The average molecular weight is 429 g/mol. The van der Waals surface area contributed by atoms with Crippen LogP contribution in [0.5, 0.6) is 0 Å². The first-order valence-electron chi connectivity index (χ1n) is 9.21. The molecule has 0 saturated carbocycles. The molecule has 0 unspecified atom stereocenters. The molecule has 0 radical (unpaired) electrons. The molecule has 1 N–H and O–H groups in total. The molecule has 30 heavy (non-hydrogen) atoms. The molecule has 1 heterocycles. The Bertz CT molecular complexity index is 977. The van der Waals surface area contributed by atoms with Crippen LogP contribution >= 0.6 is 11.8 Å². The fraction of sp³-hybridized carbons (Fsp3) is 0.238. The van der Waals surface area contributed by atoms with Gasteiger partial charge in [0.1, 0.15) is 11.1 Å². The Morgan fingerprint density at radius 2 is 1.87 bits per heavy atom. The summed E-state index contributed by atoms with van der Waals surface area (Å²) in [6, 6.07) is 11.8. The summed E-state index contributed by atoms with van der Waals surface area (Å²) in [5.41, 5.74) is 1.37. The fourth-order valence-corrected chi connectivity index (χ4v) is 3.97. The molecular formula is C21H20FN3O4S. The van der Waals surface area contributed by atoms with Crippen molar-refractivity contribution in [2.45, 2.75) is 18.6 Å². The molecule has 9 heteroatoms. The number of methoxy groups -OCH3 is 1. The quantitative estimate of drug-likeness (QED) is 0.734. The maximum atomic E-state index is 13.1.